The van der Waals surface area contributed by atoms with E-state index in [0.29, 0.717) is 23.3 Å². The number of piperazine rings is 1. The Labute approximate surface area is 115 Å². The highest BCUT2D eigenvalue weighted by molar-refractivity contribution is 5.85. The number of aliphatic hydroxyl groups excluding tert-OH is 1. The quantitative estimate of drug-likeness (QED) is 0.674. The van der Waals surface area contributed by atoms with Gasteiger partial charge < -0.3 is 20.2 Å². The number of benzene rings is 1. The van der Waals surface area contributed by atoms with Crippen LogP contribution in [0.1, 0.15) is 0 Å². The highest BCUT2D eigenvalue weighted by Gasteiger charge is 2.19. The first-order chi connectivity index (χ1) is 9.67. The molecule has 2 aromatic rings. The molecule has 1 aliphatic heterocycles. The smallest absolute Gasteiger partial charge is 0.408 e. The van der Waals surface area contributed by atoms with Gasteiger partial charge in [-0.2, -0.15) is 0 Å². The van der Waals surface area contributed by atoms with Gasteiger partial charge in [0.25, 0.3) is 0 Å². The first-order valence-corrected chi connectivity index (χ1v) is 6.68. The molecule has 0 spiro atoms. The number of hydrogen-bond acceptors (Lipinski definition) is 6. The fourth-order valence-electron chi connectivity index (χ4n) is 2.63. The third kappa shape index (κ3) is 2.37. The number of rotatable bonds is 3. The Bertz CT molecular complexity index is 655. The number of hydrogen-bond donors (Lipinski definition) is 3. The number of aromatic amines is 1. The van der Waals surface area contributed by atoms with Gasteiger partial charge in [0.2, 0.25) is 0 Å². The second-order valence-electron chi connectivity index (χ2n) is 4.97. The van der Waals surface area contributed by atoms with Gasteiger partial charge in [-0.15, -0.1) is 0 Å². The van der Waals surface area contributed by atoms with Crippen LogP contribution < -0.4 is 16.4 Å². The van der Waals surface area contributed by atoms with Crippen molar-refractivity contribution in [2.75, 3.05) is 50.0 Å². The van der Waals surface area contributed by atoms with Gasteiger partial charge in [0.1, 0.15) is 0 Å². The average molecular weight is 278 g/mol. The number of nitrogens with one attached hydrogen (secondary N) is 1. The Morgan fingerprint density at radius 2 is 2.05 bits per heavy atom. The number of β-amino-alcohol motifs (C(OH)–C–C–N with tert-alkyl or cyclic N) is 1. The molecule has 1 aromatic heterocycles. The van der Waals surface area contributed by atoms with Crippen LogP contribution in [-0.4, -0.2) is 54.3 Å². The molecule has 0 saturated carbocycles. The standard InChI is InChI=1S/C13H18N4O3/c14-9-7-12-10(15-13(19)20-12)8-11(9)17-3-1-16(2-4-17)5-6-18/h7-8,18H,1-6,14H2,(H,15,19). The van der Waals surface area contributed by atoms with Gasteiger partial charge in [-0.1, -0.05) is 0 Å². The van der Waals surface area contributed by atoms with E-state index in [2.05, 4.69) is 14.8 Å². The molecule has 108 valence electrons. The number of aliphatic hydroxyl groups is 1. The Morgan fingerprint density at radius 1 is 1.30 bits per heavy atom. The summed E-state index contributed by atoms with van der Waals surface area (Å²) in [7, 11) is 0. The van der Waals surface area contributed by atoms with Gasteiger partial charge >= 0.3 is 5.76 Å². The third-order valence-electron chi connectivity index (χ3n) is 3.70. The van der Waals surface area contributed by atoms with Gasteiger partial charge in [0.05, 0.1) is 23.5 Å². The number of H-pyrrole nitrogens is 1. The fourth-order valence-corrected chi connectivity index (χ4v) is 2.63. The molecule has 0 radical (unpaired) electrons. The molecule has 0 unspecified atom stereocenters. The minimum atomic E-state index is -0.468. The number of fused-ring (bicyclic) bond motifs is 1. The van der Waals surface area contributed by atoms with Crippen LogP contribution in [0, 0.1) is 0 Å². The number of aromatic nitrogens is 1. The van der Waals surface area contributed by atoms with E-state index >= 15 is 0 Å². The zero-order chi connectivity index (χ0) is 14.1. The third-order valence-corrected chi connectivity index (χ3v) is 3.70. The predicted molar refractivity (Wildman–Crippen MR) is 77.0 cm³/mol. The summed E-state index contributed by atoms with van der Waals surface area (Å²) in [6, 6.07) is 3.54. The topological polar surface area (TPSA) is 98.7 Å². The van der Waals surface area contributed by atoms with Crippen molar-refractivity contribution in [2.24, 2.45) is 0 Å². The molecule has 4 N–H and O–H groups in total. The molecule has 2 heterocycles. The molecule has 0 bridgehead atoms. The van der Waals surface area contributed by atoms with Crippen LogP contribution in [0.25, 0.3) is 11.1 Å². The number of nitrogen functional groups attached to an aromatic ring is 1. The van der Waals surface area contributed by atoms with Crippen molar-refractivity contribution in [1.82, 2.24) is 9.88 Å². The normalized spacial score (nSPS) is 16.9. The molecular formula is C13H18N4O3. The Kier molecular flexibility index (Phi) is 3.37. The van der Waals surface area contributed by atoms with Gasteiger partial charge in [-0.3, -0.25) is 9.88 Å². The summed E-state index contributed by atoms with van der Waals surface area (Å²) in [5, 5.41) is 8.95. The highest BCUT2D eigenvalue weighted by atomic mass is 16.4. The van der Waals surface area contributed by atoms with Crippen molar-refractivity contribution < 1.29 is 9.52 Å². The van der Waals surface area contributed by atoms with Crippen LogP contribution in [0.15, 0.2) is 21.3 Å². The van der Waals surface area contributed by atoms with E-state index < -0.39 is 5.76 Å². The molecule has 1 fully saturated rings. The summed E-state index contributed by atoms with van der Waals surface area (Å²) in [5.41, 5.74) is 8.72. The van der Waals surface area contributed by atoms with Crippen molar-refractivity contribution in [3.05, 3.63) is 22.7 Å². The molecule has 0 aliphatic carbocycles. The van der Waals surface area contributed by atoms with Gasteiger partial charge in [0.15, 0.2) is 5.58 Å². The van der Waals surface area contributed by atoms with E-state index in [1.165, 1.54) is 0 Å². The summed E-state index contributed by atoms with van der Waals surface area (Å²) >= 11 is 0. The zero-order valence-corrected chi connectivity index (χ0v) is 11.1. The molecular weight excluding hydrogens is 260 g/mol. The highest BCUT2D eigenvalue weighted by Crippen LogP contribution is 2.28. The second-order valence-corrected chi connectivity index (χ2v) is 4.97. The lowest BCUT2D eigenvalue weighted by molar-refractivity contribution is 0.189. The average Bonchev–Trinajstić information content (AvgIpc) is 2.78. The monoisotopic (exact) mass is 278 g/mol. The lowest BCUT2D eigenvalue weighted by Gasteiger charge is -2.36. The summed E-state index contributed by atoms with van der Waals surface area (Å²) in [6.07, 6.45) is 0. The molecule has 0 amide bonds. The van der Waals surface area contributed by atoms with E-state index in [4.69, 9.17) is 15.3 Å². The van der Waals surface area contributed by atoms with Gasteiger partial charge in [0, 0.05) is 38.8 Å². The Morgan fingerprint density at radius 3 is 2.75 bits per heavy atom. The maximum absolute atomic E-state index is 11.2. The van der Waals surface area contributed by atoms with E-state index in [1.807, 2.05) is 6.07 Å². The summed E-state index contributed by atoms with van der Waals surface area (Å²) < 4.78 is 4.99. The van der Waals surface area contributed by atoms with Crippen LogP contribution in [-0.2, 0) is 0 Å². The van der Waals surface area contributed by atoms with E-state index in [0.717, 1.165) is 31.9 Å². The van der Waals surface area contributed by atoms with Crippen molar-refractivity contribution >= 4 is 22.5 Å². The summed E-state index contributed by atoms with van der Waals surface area (Å²) in [5.74, 6) is -0.468. The SMILES string of the molecule is Nc1cc2oc(=O)[nH]c2cc1N1CCN(CCO)CC1. The minimum absolute atomic E-state index is 0.185. The molecule has 1 aromatic carbocycles. The maximum atomic E-state index is 11.2. The largest absolute Gasteiger partial charge is 0.417 e. The second kappa shape index (κ2) is 5.18. The van der Waals surface area contributed by atoms with Crippen LogP contribution in [0.4, 0.5) is 11.4 Å². The van der Waals surface area contributed by atoms with E-state index in [1.54, 1.807) is 6.07 Å². The number of anilines is 2. The summed E-state index contributed by atoms with van der Waals surface area (Å²) in [6.45, 7) is 4.36. The van der Waals surface area contributed by atoms with Crippen molar-refractivity contribution in [3.63, 3.8) is 0 Å². The van der Waals surface area contributed by atoms with Crippen LogP contribution in [0.2, 0.25) is 0 Å². The Balaban J connectivity index is 1.83. The molecule has 0 atom stereocenters. The van der Waals surface area contributed by atoms with Crippen molar-refractivity contribution in [3.8, 4) is 0 Å². The molecule has 20 heavy (non-hydrogen) atoms. The molecule has 7 heteroatoms. The number of nitrogens with zero attached hydrogens (tertiary/aromatic N) is 2. The zero-order valence-electron chi connectivity index (χ0n) is 11.1. The van der Waals surface area contributed by atoms with Gasteiger partial charge in [-0.25, -0.2) is 4.79 Å². The lowest BCUT2D eigenvalue weighted by atomic mass is 10.2. The molecule has 1 aliphatic rings. The van der Waals surface area contributed by atoms with Crippen LogP contribution in [0.5, 0.6) is 0 Å². The van der Waals surface area contributed by atoms with E-state index in [9.17, 15) is 4.79 Å². The first-order valence-electron chi connectivity index (χ1n) is 6.68. The van der Waals surface area contributed by atoms with Gasteiger partial charge in [-0.05, 0) is 6.07 Å². The van der Waals surface area contributed by atoms with Crippen LogP contribution in [0.3, 0.4) is 0 Å². The van der Waals surface area contributed by atoms with E-state index in [-0.39, 0.29) is 6.61 Å². The first kappa shape index (κ1) is 13.0. The number of nitrogens with two attached hydrogens (primary N) is 1. The molecule has 7 nitrogen and oxygen atoms in total. The molecule has 1 saturated heterocycles. The van der Waals surface area contributed by atoms with Crippen LogP contribution >= 0.6 is 0 Å². The maximum Gasteiger partial charge on any atom is 0.417 e. The lowest BCUT2D eigenvalue weighted by Crippen LogP contribution is -2.47. The Hall–Kier alpha value is -1.99. The molecule has 3 rings (SSSR count). The summed E-state index contributed by atoms with van der Waals surface area (Å²) in [4.78, 5) is 18.2. The predicted octanol–water partition coefficient (Wildman–Crippen LogP) is -0.182. The van der Waals surface area contributed by atoms with Crippen molar-refractivity contribution in [1.29, 1.82) is 0 Å². The minimum Gasteiger partial charge on any atom is -0.408 e. The van der Waals surface area contributed by atoms with Crippen molar-refractivity contribution in [2.45, 2.75) is 0 Å². The fraction of sp³-hybridized carbons (Fsp3) is 0.462. The number of oxazole rings is 1.